The molecule has 1 amide bonds. The van der Waals surface area contributed by atoms with Crippen LogP contribution in [0.25, 0.3) is 10.2 Å². The number of carbonyl (C=O) groups excluding carboxylic acids is 2. The van der Waals surface area contributed by atoms with Crippen LogP contribution in [0.2, 0.25) is 5.02 Å². The number of esters is 1. The number of ether oxygens (including phenoxy) is 1. The fraction of sp³-hybridized carbons (Fsp3) is 0.0870. The Morgan fingerprint density at radius 2 is 1.70 bits per heavy atom. The van der Waals surface area contributed by atoms with Gasteiger partial charge in [-0.3, -0.25) is 9.69 Å². The molecule has 7 heteroatoms. The van der Waals surface area contributed by atoms with Crippen molar-refractivity contribution in [3.8, 4) is 0 Å². The van der Waals surface area contributed by atoms with Crippen molar-refractivity contribution < 1.29 is 14.3 Å². The molecule has 4 aromatic rings. The first-order valence-electron chi connectivity index (χ1n) is 9.16. The lowest BCUT2D eigenvalue weighted by Gasteiger charge is -2.21. The van der Waals surface area contributed by atoms with Crippen LogP contribution in [-0.4, -0.2) is 24.0 Å². The Morgan fingerprint density at radius 3 is 2.43 bits per heavy atom. The van der Waals surface area contributed by atoms with Gasteiger partial charge >= 0.3 is 5.97 Å². The molecule has 150 valence electrons. The zero-order valence-electron chi connectivity index (χ0n) is 16.0. The number of hydrogen-bond acceptors (Lipinski definition) is 5. The fourth-order valence-electron chi connectivity index (χ4n) is 3.10. The Balaban J connectivity index is 1.81. The first-order valence-corrected chi connectivity index (χ1v) is 10.4. The Labute approximate surface area is 182 Å². The minimum absolute atomic E-state index is 0.215. The van der Waals surface area contributed by atoms with Crippen LogP contribution in [0.15, 0.2) is 72.8 Å². The second-order valence-corrected chi connectivity index (χ2v) is 7.97. The average molecular weight is 437 g/mol. The summed E-state index contributed by atoms with van der Waals surface area (Å²) in [6, 6.07) is 21.7. The van der Waals surface area contributed by atoms with Gasteiger partial charge in [0.05, 0.1) is 35.0 Å². The zero-order chi connectivity index (χ0) is 21.1. The largest absolute Gasteiger partial charge is 0.465 e. The SMILES string of the molecule is COC(=O)c1ccccc1C(=O)N(Cc1ccccc1)c1nc2ccc(Cl)cc2s1. The molecule has 0 aliphatic rings. The van der Waals surface area contributed by atoms with Crippen molar-refractivity contribution in [1.82, 2.24) is 4.98 Å². The van der Waals surface area contributed by atoms with Crippen molar-refractivity contribution >= 4 is 50.2 Å². The smallest absolute Gasteiger partial charge is 0.338 e. The Bertz CT molecular complexity index is 1220. The van der Waals surface area contributed by atoms with Gasteiger partial charge in [-0.2, -0.15) is 0 Å². The molecule has 4 rings (SSSR count). The molecule has 0 spiro atoms. The lowest BCUT2D eigenvalue weighted by molar-refractivity contribution is 0.0597. The second kappa shape index (κ2) is 8.65. The van der Waals surface area contributed by atoms with Gasteiger partial charge in [0.1, 0.15) is 0 Å². The quantitative estimate of drug-likeness (QED) is 0.383. The van der Waals surface area contributed by atoms with Crippen molar-refractivity contribution in [2.24, 2.45) is 0 Å². The molecule has 0 fully saturated rings. The summed E-state index contributed by atoms with van der Waals surface area (Å²) in [6.07, 6.45) is 0. The van der Waals surface area contributed by atoms with Gasteiger partial charge < -0.3 is 4.74 Å². The number of fused-ring (bicyclic) bond motifs is 1. The van der Waals surface area contributed by atoms with E-state index in [2.05, 4.69) is 4.98 Å². The zero-order valence-corrected chi connectivity index (χ0v) is 17.6. The van der Waals surface area contributed by atoms with E-state index in [-0.39, 0.29) is 17.0 Å². The molecule has 3 aromatic carbocycles. The average Bonchev–Trinajstić information content (AvgIpc) is 3.20. The predicted octanol–water partition coefficient (Wildman–Crippen LogP) is 5.58. The molecule has 30 heavy (non-hydrogen) atoms. The normalized spacial score (nSPS) is 10.7. The highest BCUT2D eigenvalue weighted by atomic mass is 35.5. The van der Waals surface area contributed by atoms with Crippen molar-refractivity contribution in [2.75, 3.05) is 12.0 Å². The molecule has 0 saturated heterocycles. The number of aromatic nitrogens is 1. The molecule has 0 atom stereocenters. The maximum Gasteiger partial charge on any atom is 0.338 e. The molecule has 0 unspecified atom stereocenters. The van der Waals surface area contributed by atoms with Crippen LogP contribution in [0.4, 0.5) is 5.13 Å². The van der Waals surface area contributed by atoms with Crippen LogP contribution in [0, 0.1) is 0 Å². The van der Waals surface area contributed by atoms with Crippen molar-refractivity contribution in [3.05, 3.63) is 94.5 Å². The van der Waals surface area contributed by atoms with E-state index in [0.717, 1.165) is 15.8 Å². The van der Waals surface area contributed by atoms with Gasteiger partial charge in [-0.15, -0.1) is 0 Å². The van der Waals surface area contributed by atoms with E-state index >= 15 is 0 Å². The number of amides is 1. The van der Waals surface area contributed by atoms with E-state index in [1.54, 1.807) is 35.2 Å². The van der Waals surface area contributed by atoms with Crippen molar-refractivity contribution in [3.63, 3.8) is 0 Å². The topological polar surface area (TPSA) is 59.5 Å². The summed E-state index contributed by atoms with van der Waals surface area (Å²) in [4.78, 5) is 32.0. The van der Waals surface area contributed by atoms with Gasteiger partial charge in [-0.25, -0.2) is 9.78 Å². The Kier molecular flexibility index (Phi) is 5.79. The van der Waals surface area contributed by atoms with Gasteiger partial charge in [0.25, 0.3) is 5.91 Å². The summed E-state index contributed by atoms with van der Waals surface area (Å²) in [7, 11) is 1.29. The number of benzene rings is 3. The molecule has 0 saturated carbocycles. The first kappa shape index (κ1) is 20.1. The van der Waals surface area contributed by atoms with Gasteiger partial charge in [-0.05, 0) is 35.9 Å². The molecule has 5 nitrogen and oxygen atoms in total. The summed E-state index contributed by atoms with van der Waals surface area (Å²) in [5, 5.41) is 1.13. The fourth-order valence-corrected chi connectivity index (χ4v) is 4.34. The standard InChI is InChI=1S/C23H17ClN2O3S/c1-29-22(28)18-10-6-5-9-17(18)21(27)26(14-15-7-3-2-4-8-15)23-25-19-12-11-16(24)13-20(19)30-23/h2-13H,14H2,1H3. The van der Waals surface area contributed by atoms with E-state index in [0.29, 0.717) is 16.7 Å². The van der Waals surface area contributed by atoms with Gasteiger partial charge in [0, 0.05) is 5.02 Å². The molecule has 0 N–H and O–H groups in total. The maximum atomic E-state index is 13.6. The van der Waals surface area contributed by atoms with Crippen molar-refractivity contribution in [2.45, 2.75) is 6.54 Å². The van der Waals surface area contributed by atoms with Crippen LogP contribution >= 0.6 is 22.9 Å². The lowest BCUT2D eigenvalue weighted by atomic mass is 10.1. The molecule has 0 aliphatic carbocycles. The van der Waals surface area contributed by atoms with Crippen molar-refractivity contribution in [1.29, 1.82) is 0 Å². The van der Waals surface area contributed by atoms with E-state index < -0.39 is 5.97 Å². The molecule has 0 aliphatic heterocycles. The van der Waals surface area contributed by atoms with E-state index in [4.69, 9.17) is 16.3 Å². The summed E-state index contributed by atoms with van der Waals surface area (Å²) < 4.78 is 5.73. The third-order valence-corrected chi connectivity index (χ3v) is 5.84. The summed E-state index contributed by atoms with van der Waals surface area (Å²) in [5.74, 6) is -0.889. The predicted molar refractivity (Wildman–Crippen MR) is 119 cm³/mol. The number of methoxy groups -OCH3 is 1. The number of carbonyl (C=O) groups is 2. The van der Waals surface area contributed by atoms with Crippen LogP contribution in [0.1, 0.15) is 26.3 Å². The first-order chi connectivity index (χ1) is 14.6. The second-order valence-electron chi connectivity index (χ2n) is 6.52. The maximum absolute atomic E-state index is 13.6. The molecule has 0 radical (unpaired) electrons. The number of thiazole rings is 1. The Hall–Kier alpha value is -3.22. The summed E-state index contributed by atoms with van der Waals surface area (Å²) >= 11 is 7.49. The van der Waals surface area contributed by atoms with E-state index in [1.165, 1.54) is 18.4 Å². The van der Waals surface area contributed by atoms with E-state index in [9.17, 15) is 9.59 Å². The van der Waals surface area contributed by atoms with Gasteiger partial charge in [0.2, 0.25) is 0 Å². The molecule has 1 heterocycles. The van der Waals surface area contributed by atoms with Crippen LogP contribution in [-0.2, 0) is 11.3 Å². The van der Waals surface area contributed by atoms with Gasteiger partial charge in [0.15, 0.2) is 5.13 Å². The number of hydrogen-bond donors (Lipinski definition) is 0. The highest BCUT2D eigenvalue weighted by Gasteiger charge is 2.26. The third-order valence-electron chi connectivity index (χ3n) is 4.56. The molecular weight excluding hydrogens is 420 g/mol. The summed E-state index contributed by atoms with van der Waals surface area (Å²) in [5.41, 5.74) is 2.18. The number of halogens is 1. The Morgan fingerprint density at radius 1 is 1.00 bits per heavy atom. The third kappa shape index (κ3) is 4.06. The minimum atomic E-state index is -0.560. The highest BCUT2D eigenvalue weighted by Crippen LogP contribution is 2.32. The molecular formula is C23H17ClN2O3S. The van der Waals surface area contributed by atoms with Gasteiger partial charge in [-0.1, -0.05) is 65.4 Å². The lowest BCUT2D eigenvalue weighted by Crippen LogP contribution is -2.31. The summed E-state index contributed by atoms with van der Waals surface area (Å²) in [6.45, 7) is 0.308. The minimum Gasteiger partial charge on any atom is -0.465 e. The van der Waals surface area contributed by atoms with Crippen LogP contribution < -0.4 is 4.90 Å². The molecule has 0 bridgehead atoms. The number of nitrogens with zero attached hydrogens (tertiary/aromatic N) is 2. The number of anilines is 1. The number of rotatable bonds is 5. The highest BCUT2D eigenvalue weighted by molar-refractivity contribution is 7.22. The van der Waals surface area contributed by atoms with Crippen LogP contribution in [0.5, 0.6) is 0 Å². The molecule has 1 aromatic heterocycles. The van der Waals surface area contributed by atoms with Crippen LogP contribution in [0.3, 0.4) is 0 Å². The van der Waals surface area contributed by atoms with E-state index in [1.807, 2.05) is 42.5 Å². The monoisotopic (exact) mass is 436 g/mol.